The van der Waals surface area contributed by atoms with Gasteiger partial charge in [0.25, 0.3) is 5.79 Å². The van der Waals surface area contributed by atoms with E-state index in [4.69, 9.17) is 61.6 Å². The number of carbonyl (C=O) groups excluding carboxylic acids is 8. The largest absolute Gasteiger partial charge is 0.463 e. The number of rotatable bonds is 19. The van der Waals surface area contributed by atoms with E-state index < -0.39 is 178 Å². The summed E-state index contributed by atoms with van der Waals surface area (Å²) in [5, 5.41) is 39.2. The molecule has 0 aromatic carbocycles. The van der Waals surface area contributed by atoms with E-state index in [1.807, 2.05) is 0 Å². The third-order valence-electron chi connectivity index (χ3n) is 18.3. The van der Waals surface area contributed by atoms with Gasteiger partial charge in [0.2, 0.25) is 5.60 Å². The lowest BCUT2D eigenvalue weighted by Gasteiger charge is -2.69. The highest BCUT2D eigenvalue weighted by atomic mass is 16.8. The fraction of sp³-hybridized carbons (Fsp3) is 0.849. The lowest BCUT2D eigenvalue weighted by atomic mass is 9.52. The number of ether oxygens (including phenoxy) is 13. The minimum Gasteiger partial charge on any atom is -0.463 e. The summed E-state index contributed by atoms with van der Waals surface area (Å²) in [6.45, 7) is 25.5. The van der Waals surface area contributed by atoms with Crippen LogP contribution in [-0.2, 0) is 99.9 Å². The van der Waals surface area contributed by atoms with Crippen molar-refractivity contribution in [3.63, 3.8) is 0 Å². The van der Waals surface area contributed by atoms with E-state index in [1.54, 1.807) is 0 Å². The minimum atomic E-state index is -2.38. The molecule has 0 aromatic rings. The van der Waals surface area contributed by atoms with Crippen LogP contribution in [0.2, 0.25) is 0 Å². The van der Waals surface area contributed by atoms with Gasteiger partial charge < -0.3 is 76.9 Å². The minimum absolute atomic E-state index is 0.573. The maximum Gasteiger partial charge on any atom is 0.305 e. The highest BCUT2D eigenvalue weighted by Crippen LogP contribution is 2.63. The second-order valence-corrected chi connectivity index (χ2v) is 23.7. The molecule has 0 radical (unpaired) electrons. The molecule has 0 spiro atoms. The second-order valence-electron chi connectivity index (χ2n) is 23.7. The quantitative estimate of drug-likeness (QED) is 0.123. The summed E-state index contributed by atoms with van der Waals surface area (Å²) < 4.78 is 79.4. The van der Waals surface area contributed by atoms with Crippen molar-refractivity contribution in [2.75, 3.05) is 46.2 Å². The molecule has 3 rings (SSSR count). The number of esters is 8. The van der Waals surface area contributed by atoms with Crippen LogP contribution in [0.3, 0.4) is 0 Å². The summed E-state index contributed by atoms with van der Waals surface area (Å²) >= 11 is 0. The Morgan fingerprint density at radius 3 is 0.857 bits per heavy atom. The van der Waals surface area contributed by atoms with Crippen LogP contribution in [0.4, 0.5) is 0 Å². The van der Waals surface area contributed by atoms with Crippen molar-refractivity contribution in [2.45, 2.75) is 232 Å². The van der Waals surface area contributed by atoms with Crippen LogP contribution in [-0.4, -0.2) is 182 Å². The fourth-order valence-corrected chi connectivity index (χ4v) is 12.0. The maximum atomic E-state index is 13.5. The van der Waals surface area contributed by atoms with Crippen LogP contribution < -0.4 is 0 Å². The van der Waals surface area contributed by atoms with Crippen molar-refractivity contribution in [2.24, 2.45) is 10.8 Å². The molecule has 0 aliphatic carbocycles. The van der Waals surface area contributed by atoms with Gasteiger partial charge in [0.05, 0.1) is 37.3 Å². The molecule has 24 nitrogen and oxygen atoms in total. The predicted octanol–water partition coefficient (Wildman–Crippen LogP) is 3.43. The van der Waals surface area contributed by atoms with E-state index in [0.29, 0.717) is 0 Å². The Balaban J connectivity index is 2.30. The summed E-state index contributed by atoms with van der Waals surface area (Å²) in [7, 11) is 0. The van der Waals surface area contributed by atoms with Gasteiger partial charge in [-0.15, -0.1) is 0 Å². The predicted molar refractivity (Wildman–Crippen MR) is 266 cm³/mol. The van der Waals surface area contributed by atoms with Crippen LogP contribution >= 0.6 is 0 Å². The molecule has 3 fully saturated rings. The molecule has 3 aliphatic rings. The van der Waals surface area contributed by atoms with Gasteiger partial charge in [0, 0.05) is 62.3 Å². The zero-order valence-corrected chi connectivity index (χ0v) is 49.4. The standard InChI is InChI=1S/C53H86O24/c1-31(54)67-28-41(11)39(9,24-65-27-44(14)50(20,71-35(5)58)48(18,64)51(21,72-36(6)59)45(15,76-44)30-69-33(3)56)46(16,62)49(19,70-34(4)57)43(13,75-41)26-66-25-40(10)42(12,29-68-32(2)55)77-53(23,74-38(8)61)52(22,47(40,17)63)73-37(7)60/h62-64H,24-30H2,1-23H3. The van der Waals surface area contributed by atoms with Crippen molar-refractivity contribution in [3.05, 3.63) is 0 Å². The fourth-order valence-electron chi connectivity index (χ4n) is 12.0. The van der Waals surface area contributed by atoms with Crippen LogP contribution in [0.15, 0.2) is 0 Å². The average Bonchev–Trinajstić information content (AvgIpc) is 3.23. The summed E-state index contributed by atoms with van der Waals surface area (Å²) in [5.41, 5.74) is -29.0. The lowest BCUT2D eigenvalue weighted by molar-refractivity contribution is -0.444. The molecule has 3 saturated heterocycles. The van der Waals surface area contributed by atoms with E-state index in [-0.39, 0.29) is 0 Å². The van der Waals surface area contributed by atoms with Crippen molar-refractivity contribution < 1.29 is 115 Å². The zero-order valence-electron chi connectivity index (χ0n) is 49.4. The van der Waals surface area contributed by atoms with E-state index in [1.165, 1.54) is 104 Å². The molecule has 0 amide bonds. The number of carbonyl (C=O) groups is 8. The Hall–Kier alpha value is -4.56. The monoisotopic (exact) mass is 1110 g/mol. The van der Waals surface area contributed by atoms with Gasteiger partial charge >= 0.3 is 47.8 Å². The Morgan fingerprint density at radius 1 is 0.299 bits per heavy atom. The molecule has 442 valence electrons. The molecular weight excluding hydrogens is 1020 g/mol. The van der Waals surface area contributed by atoms with Crippen molar-refractivity contribution >= 4 is 47.8 Å². The van der Waals surface area contributed by atoms with Crippen molar-refractivity contribution in [1.82, 2.24) is 0 Å². The Labute approximate surface area is 451 Å². The number of aliphatic hydroxyl groups is 3. The first kappa shape index (κ1) is 66.7. The number of hydrogen-bond donors (Lipinski definition) is 3. The van der Waals surface area contributed by atoms with Gasteiger partial charge in [0.1, 0.15) is 64.6 Å². The summed E-state index contributed by atoms with van der Waals surface area (Å²) in [6, 6.07) is 0. The van der Waals surface area contributed by atoms with E-state index in [0.717, 1.165) is 55.4 Å². The first-order valence-electron chi connectivity index (χ1n) is 25.2. The first-order valence-corrected chi connectivity index (χ1v) is 25.2. The molecular formula is C53H86O24. The van der Waals surface area contributed by atoms with Crippen LogP contribution in [0.1, 0.15) is 159 Å². The van der Waals surface area contributed by atoms with Gasteiger partial charge in [-0.1, -0.05) is 13.8 Å². The van der Waals surface area contributed by atoms with E-state index in [2.05, 4.69) is 0 Å². The summed E-state index contributed by atoms with van der Waals surface area (Å²) in [5.74, 6) is -8.90. The molecule has 3 aliphatic heterocycles. The Kier molecular flexibility index (Phi) is 18.3. The Bertz CT molecular complexity index is 2330. The zero-order chi connectivity index (χ0) is 60.3. The van der Waals surface area contributed by atoms with Gasteiger partial charge in [-0.2, -0.15) is 0 Å². The summed E-state index contributed by atoms with van der Waals surface area (Å²) in [6.07, 6.45) is 0. The molecule has 0 bridgehead atoms. The van der Waals surface area contributed by atoms with Crippen molar-refractivity contribution in [3.8, 4) is 0 Å². The van der Waals surface area contributed by atoms with Gasteiger partial charge in [-0.05, 0) is 83.1 Å². The summed E-state index contributed by atoms with van der Waals surface area (Å²) in [4.78, 5) is 102. The topological polar surface area (TPSA) is 317 Å². The maximum absolute atomic E-state index is 13.5. The second kappa shape index (κ2) is 21.2. The first-order chi connectivity index (χ1) is 34.4. The highest BCUT2D eigenvalue weighted by Gasteiger charge is 2.81. The van der Waals surface area contributed by atoms with E-state index in [9.17, 15) is 53.7 Å². The number of hydrogen-bond acceptors (Lipinski definition) is 24. The third-order valence-corrected chi connectivity index (χ3v) is 18.3. The Morgan fingerprint density at radius 2 is 0.545 bits per heavy atom. The van der Waals surface area contributed by atoms with Crippen LogP contribution in [0.25, 0.3) is 0 Å². The lowest BCUT2D eigenvalue weighted by Crippen LogP contribution is -2.86. The normalized spacial score (nSPS) is 43.7. The molecule has 0 aromatic heterocycles. The molecule has 77 heavy (non-hydrogen) atoms. The average molecular weight is 1110 g/mol. The van der Waals surface area contributed by atoms with Crippen LogP contribution in [0, 0.1) is 10.8 Å². The highest BCUT2D eigenvalue weighted by molar-refractivity contribution is 5.70. The smallest absolute Gasteiger partial charge is 0.305 e. The molecule has 3 N–H and O–H groups in total. The van der Waals surface area contributed by atoms with Crippen LogP contribution in [0.5, 0.6) is 0 Å². The van der Waals surface area contributed by atoms with Gasteiger partial charge in [0.15, 0.2) is 16.8 Å². The SMILES string of the molecule is CC(=O)OCC1(C)OC(C)(COCC2(C)C(C)(COC(C)=O)OC(C)(OC(C)=O)C(C)(OC(C)=O)C2(C)O)C(C)(OC(C)=O)C(C)(O)C1(C)COCC1(C)OC(C)(COC(C)=O)C(C)(OC(C)=O)C(C)(O)C1(C)OC(C)=O. The third kappa shape index (κ3) is 10.6. The molecule has 24 heteroatoms. The molecule has 15 unspecified atom stereocenters. The molecule has 15 atom stereocenters. The van der Waals surface area contributed by atoms with Gasteiger partial charge in [-0.3, -0.25) is 38.4 Å². The molecule has 0 saturated carbocycles. The van der Waals surface area contributed by atoms with Gasteiger partial charge in [-0.25, -0.2) is 0 Å². The molecule has 3 heterocycles. The van der Waals surface area contributed by atoms with Crippen molar-refractivity contribution in [1.29, 1.82) is 0 Å². The van der Waals surface area contributed by atoms with E-state index >= 15 is 0 Å².